The molecule has 0 saturated heterocycles. The molecule has 2 aromatic rings. The van der Waals surface area contributed by atoms with Gasteiger partial charge in [0, 0.05) is 17.6 Å². The quantitative estimate of drug-likeness (QED) is 0.499. The maximum absolute atomic E-state index is 11.9. The zero-order valence-electron chi connectivity index (χ0n) is 9.97. The topological polar surface area (TPSA) is 59.3 Å². The van der Waals surface area contributed by atoms with E-state index in [-0.39, 0.29) is 5.91 Å². The van der Waals surface area contributed by atoms with E-state index in [9.17, 15) is 4.79 Å². The van der Waals surface area contributed by atoms with Crippen molar-refractivity contribution in [1.29, 1.82) is 0 Å². The van der Waals surface area contributed by atoms with Gasteiger partial charge in [-0.3, -0.25) is 9.48 Å². The van der Waals surface area contributed by atoms with Crippen LogP contribution in [0.3, 0.4) is 0 Å². The Bertz CT molecular complexity index is 619. The van der Waals surface area contributed by atoms with Crippen LogP contribution in [0.25, 0.3) is 0 Å². The Morgan fingerprint density at radius 2 is 2.26 bits per heavy atom. The van der Waals surface area contributed by atoms with E-state index in [0.717, 1.165) is 9.13 Å². The number of aryl methyl sites for hydroxylation is 1. The van der Waals surface area contributed by atoms with E-state index < -0.39 is 0 Å². The average Bonchev–Trinajstić information content (AvgIpc) is 2.71. The van der Waals surface area contributed by atoms with Gasteiger partial charge in [-0.1, -0.05) is 29.8 Å². The molecular weight excluding hydrogens is 379 g/mol. The fraction of sp³-hybridized carbons (Fsp3) is 0.0833. The van der Waals surface area contributed by atoms with Crippen molar-refractivity contribution >= 4 is 46.3 Å². The van der Waals surface area contributed by atoms with Crippen LogP contribution in [-0.2, 0) is 7.05 Å². The van der Waals surface area contributed by atoms with Crippen molar-refractivity contribution < 1.29 is 4.79 Å². The largest absolute Gasteiger partial charge is 0.290 e. The highest BCUT2D eigenvalue weighted by Crippen LogP contribution is 2.12. The molecule has 5 nitrogen and oxygen atoms in total. The number of carbonyl (C=O) groups is 1. The maximum Gasteiger partial charge on any atom is 0.290 e. The zero-order chi connectivity index (χ0) is 13.8. The normalized spacial score (nSPS) is 10.9. The van der Waals surface area contributed by atoms with Crippen LogP contribution < -0.4 is 5.43 Å². The zero-order valence-corrected chi connectivity index (χ0v) is 12.9. The SMILES string of the molecule is Cn1ncc(I)c1C(=O)NN=Cc1ccccc1Cl. The van der Waals surface area contributed by atoms with E-state index in [2.05, 4.69) is 15.6 Å². The van der Waals surface area contributed by atoms with Gasteiger partial charge in [0.1, 0.15) is 5.69 Å². The molecule has 0 aliphatic carbocycles. The smallest absolute Gasteiger partial charge is 0.266 e. The lowest BCUT2D eigenvalue weighted by Gasteiger charge is -2.01. The van der Waals surface area contributed by atoms with Crippen molar-refractivity contribution in [2.24, 2.45) is 12.1 Å². The molecule has 1 aromatic carbocycles. The Balaban J connectivity index is 2.08. The van der Waals surface area contributed by atoms with Gasteiger partial charge < -0.3 is 0 Å². The molecule has 0 radical (unpaired) electrons. The summed E-state index contributed by atoms with van der Waals surface area (Å²) in [6, 6.07) is 7.25. The molecule has 98 valence electrons. The molecular formula is C12H10ClIN4O. The Hall–Kier alpha value is -1.41. The van der Waals surface area contributed by atoms with Crippen LogP contribution in [0.4, 0.5) is 0 Å². The Morgan fingerprint density at radius 3 is 2.89 bits per heavy atom. The monoisotopic (exact) mass is 388 g/mol. The summed E-state index contributed by atoms with van der Waals surface area (Å²) in [5.41, 5.74) is 3.66. The summed E-state index contributed by atoms with van der Waals surface area (Å²) in [7, 11) is 1.70. The second-order valence-corrected chi connectivity index (χ2v) is 5.25. The van der Waals surface area contributed by atoms with Gasteiger partial charge in [-0.25, -0.2) is 5.43 Å². The van der Waals surface area contributed by atoms with E-state index in [0.29, 0.717) is 10.7 Å². The molecule has 1 N–H and O–H groups in total. The summed E-state index contributed by atoms with van der Waals surface area (Å²) in [5.74, 6) is -0.312. The molecule has 0 spiro atoms. The average molecular weight is 389 g/mol. The number of hydrazone groups is 1. The molecule has 0 saturated carbocycles. The number of amides is 1. The second kappa shape index (κ2) is 6.16. The lowest BCUT2D eigenvalue weighted by Crippen LogP contribution is -2.21. The molecule has 1 aromatic heterocycles. The van der Waals surface area contributed by atoms with Gasteiger partial charge in [-0.05, 0) is 28.7 Å². The minimum Gasteiger partial charge on any atom is -0.266 e. The van der Waals surface area contributed by atoms with Gasteiger partial charge in [-0.15, -0.1) is 0 Å². The van der Waals surface area contributed by atoms with Gasteiger partial charge in [0.2, 0.25) is 0 Å². The third-order valence-corrected chi connectivity index (χ3v) is 3.52. The lowest BCUT2D eigenvalue weighted by molar-refractivity contribution is 0.0945. The first kappa shape index (κ1) is 14.0. The molecule has 19 heavy (non-hydrogen) atoms. The van der Waals surface area contributed by atoms with Crippen molar-refractivity contribution in [2.45, 2.75) is 0 Å². The summed E-state index contributed by atoms with van der Waals surface area (Å²) in [6.45, 7) is 0. The first-order chi connectivity index (χ1) is 9.09. The predicted molar refractivity (Wildman–Crippen MR) is 82.4 cm³/mol. The number of hydrogen-bond donors (Lipinski definition) is 1. The molecule has 0 atom stereocenters. The summed E-state index contributed by atoms with van der Waals surface area (Å²) in [6.07, 6.45) is 3.12. The molecule has 1 amide bonds. The number of hydrogen-bond acceptors (Lipinski definition) is 3. The van der Waals surface area contributed by atoms with Crippen molar-refractivity contribution in [2.75, 3.05) is 0 Å². The fourth-order valence-corrected chi connectivity index (χ4v) is 2.36. The third-order valence-electron chi connectivity index (χ3n) is 2.38. The van der Waals surface area contributed by atoms with E-state index in [1.165, 1.54) is 10.9 Å². The first-order valence-electron chi connectivity index (χ1n) is 5.35. The van der Waals surface area contributed by atoms with Crippen LogP contribution in [0.15, 0.2) is 35.6 Å². The summed E-state index contributed by atoms with van der Waals surface area (Å²) >= 11 is 8.02. The minimum absolute atomic E-state index is 0.312. The van der Waals surface area contributed by atoms with Crippen molar-refractivity contribution in [3.8, 4) is 0 Å². The van der Waals surface area contributed by atoms with Crippen LogP contribution in [0.2, 0.25) is 5.02 Å². The van der Waals surface area contributed by atoms with Gasteiger partial charge in [0.25, 0.3) is 5.91 Å². The van der Waals surface area contributed by atoms with Crippen LogP contribution in [0.1, 0.15) is 16.1 Å². The number of rotatable bonds is 3. The van der Waals surface area contributed by atoms with Gasteiger partial charge in [0.05, 0.1) is 16.0 Å². The highest BCUT2D eigenvalue weighted by molar-refractivity contribution is 14.1. The van der Waals surface area contributed by atoms with Crippen LogP contribution in [-0.4, -0.2) is 21.9 Å². The molecule has 7 heteroatoms. The van der Waals surface area contributed by atoms with Crippen molar-refractivity contribution in [3.05, 3.63) is 50.3 Å². The third kappa shape index (κ3) is 3.32. The van der Waals surface area contributed by atoms with E-state index in [4.69, 9.17) is 11.6 Å². The van der Waals surface area contributed by atoms with Crippen LogP contribution in [0, 0.1) is 3.57 Å². The molecule has 0 aliphatic heterocycles. The van der Waals surface area contributed by atoms with E-state index >= 15 is 0 Å². The van der Waals surface area contributed by atoms with E-state index in [1.807, 2.05) is 40.8 Å². The molecule has 0 unspecified atom stereocenters. The fourth-order valence-electron chi connectivity index (χ4n) is 1.46. The molecule has 0 fully saturated rings. The molecule has 0 bridgehead atoms. The van der Waals surface area contributed by atoms with Gasteiger partial charge >= 0.3 is 0 Å². The number of aromatic nitrogens is 2. The number of carbonyl (C=O) groups excluding carboxylic acids is 1. The molecule has 0 aliphatic rings. The summed E-state index contributed by atoms with van der Waals surface area (Å²) in [4.78, 5) is 11.9. The van der Waals surface area contributed by atoms with Crippen molar-refractivity contribution in [3.63, 3.8) is 0 Å². The number of halogens is 2. The predicted octanol–water partition coefficient (Wildman–Crippen LogP) is 2.44. The van der Waals surface area contributed by atoms with Crippen LogP contribution >= 0.6 is 34.2 Å². The second-order valence-electron chi connectivity index (χ2n) is 3.69. The maximum atomic E-state index is 11.9. The highest BCUT2D eigenvalue weighted by Gasteiger charge is 2.14. The van der Waals surface area contributed by atoms with Crippen molar-refractivity contribution in [1.82, 2.24) is 15.2 Å². The first-order valence-corrected chi connectivity index (χ1v) is 6.80. The Labute approximate surface area is 128 Å². The Morgan fingerprint density at radius 1 is 1.53 bits per heavy atom. The highest BCUT2D eigenvalue weighted by atomic mass is 127. The summed E-state index contributed by atoms with van der Waals surface area (Å²) < 4.78 is 2.27. The number of nitrogens with one attached hydrogen (secondary N) is 1. The number of benzene rings is 1. The lowest BCUT2D eigenvalue weighted by atomic mass is 10.2. The van der Waals surface area contributed by atoms with E-state index in [1.54, 1.807) is 19.3 Å². The number of nitrogens with zero attached hydrogens (tertiary/aromatic N) is 3. The minimum atomic E-state index is -0.312. The Kier molecular flexibility index (Phi) is 4.54. The van der Waals surface area contributed by atoms with Gasteiger partial charge in [-0.2, -0.15) is 10.2 Å². The molecule has 2 rings (SSSR count). The standard InChI is InChI=1S/C12H10ClIN4O/c1-18-11(10(14)7-16-18)12(19)17-15-6-8-4-2-3-5-9(8)13/h2-7H,1H3,(H,17,19). The molecule has 1 heterocycles. The van der Waals surface area contributed by atoms with Gasteiger partial charge in [0.15, 0.2) is 0 Å². The summed E-state index contributed by atoms with van der Waals surface area (Å²) in [5, 5.41) is 8.46. The van der Waals surface area contributed by atoms with Crippen LogP contribution in [0.5, 0.6) is 0 Å².